The lowest BCUT2D eigenvalue weighted by molar-refractivity contribution is 0.0773. The van der Waals surface area contributed by atoms with Gasteiger partial charge in [-0.2, -0.15) is 0 Å². The summed E-state index contributed by atoms with van der Waals surface area (Å²) in [4.78, 5) is 35.2. The third-order valence-electron chi connectivity index (χ3n) is 6.23. The van der Waals surface area contributed by atoms with Gasteiger partial charge in [0.1, 0.15) is 5.69 Å². The summed E-state index contributed by atoms with van der Waals surface area (Å²) in [5, 5.41) is 6.16. The molecule has 0 saturated carbocycles. The predicted molar refractivity (Wildman–Crippen MR) is 130 cm³/mol. The van der Waals surface area contributed by atoms with Crippen LogP contribution in [0.25, 0.3) is 0 Å². The van der Waals surface area contributed by atoms with Crippen molar-refractivity contribution >= 4 is 11.8 Å². The van der Waals surface area contributed by atoms with Crippen molar-refractivity contribution in [2.75, 3.05) is 13.7 Å². The zero-order valence-corrected chi connectivity index (χ0v) is 20.3. The minimum atomic E-state index is -0.333. The van der Waals surface area contributed by atoms with Crippen molar-refractivity contribution in [3.05, 3.63) is 77.0 Å². The van der Waals surface area contributed by atoms with E-state index in [4.69, 9.17) is 9.47 Å². The second-order valence-electron chi connectivity index (χ2n) is 8.36. The molecule has 184 valence electrons. The number of benzene rings is 1. The molecule has 1 aliphatic heterocycles. The molecule has 0 saturated heterocycles. The van der Waals surface area contributed by atoms with Crippen LogP contribution < -0.4 is 15.4 Å². The number of hydrogen-bond acceptors (Lipinski definition) is 6. The lowest BCUT2D eigenvalue weighted by Crippen LogP contribution is -2.31. The number of nitrogens with one attached hydrogen (secondary N) is 2. The number of amides is 2. The average molecular weight is 478 g/mol. The molecule has 0 aliphatic carbocycles. The van der Waals surface area contributed by atoms with Gasteiger partial charge in [-0.15, -0.1) is 0 Å². The maximum atomic E-state index is 13.3. The van der Waals surface area contributed by atoms with E-state index in [1.54, 1.807) is 12.3 Å². The average Bonchev–Trinajstić information content (AvgIpc) is 3.31. The van der Waals surface area contributed by atoms with Crippen molar-refractivity contribution in [3.8, 4) is 5.88 Å². The first-order valence-corrected chi connectivity index (χ1v) is 11.9. The van der Waals surface area contributed by atoms with Gasteiger partial charge in [0.05, 0.1) is 61.8 Å². The molecule has 3 aromatic rings. The summed E-state index contributed by atoms with van der Waals surface area (Å²) >= 11 is 0. The molecule has 0 spiro atoms. The Balaban J connectivity index is 1.57. The minimum Gasteiger partial charge on any atom is -0.480 e. The molecule has 2 atom stereocenters. The second kappa shape index (κ2) is 11.1. The van der Waals surface area contributed by atoms with Crippen molar-refractivity contribution < 1.29 is 19.1 Å². The summed E-state index contributed by atoms with van der Waals surface area (Å²) in [6, 6.07) is 11.1. The molecule has 9 heteroatoms. The Kier molecular flexibility index (Phi) is 7.77. The molecule has 0 radical (unpaired) electrons. The van der Waals surface area contributed by atoms with E-state index in [1.165, 1.54) is 13.3 Å². The van der Waals surface area contributed by atoms with E-state index in [-0.39, 0.29) is 30.5 Å². The van der Waals surface area contributed by atoms with E-state index in [1.807, 2.05) is 48.7 Å². The summed E-state index contributed by atoms with van der Waals surface area (Å²) in [6.45, 7) is 5.26. The summed E-state index contributed by atoms with van der Waals surface area (Å²) in [5.41, 5.74) is 3.27. The van der Waals surface area contributed by atoms with Crippen LogP contribution >= 0.6 is 0 Å². The Hall–Kier alpha value is -3.72. The Labute approximate surface area is 204 Å². The van der Waals surface area contributed by atoms with Crippen LogP contribution in [0.1, 0.15) is 76.6 Å². The zero-order valence-electron chi connectivity index (χ0n) is 20.3. The number of fused-ring (bicyclic) bond motifs is 1. The molecule has 1 aromatic carbocycles. The quantitative estimate of drug-likeness (QED) is 0.488. The van der Waals surface area contributed by atoms with Crippen LogP contribution in [-0.4, -0.2) is 40.1 Å². The molecular weight excluding hydrogens is 446 g/mol. The maximum Gasteiger partial charge on any atom is 0.268 e. The third kappa shape index (κ3) is 5.35. The van der Waals surface area contributed by atoms with Crippen LogP contribution in [0, 0.1) is 0 Å². The van der Waals surface area contributed by atoms with Crippen LogP contribution in [0.15, 0.2) is 48.8 Å². The van der Waals surface area contributed by atoms with Gasteiger partial charge < -0.3 is 24.7 Å². The van der Waals surface area contributed by atoms with E-state index in [2.05, 4.69) is 20.6 Å². The lowest BCUT2D eigenvalue weighted by atomic mass is 10.0. The van der Waals surface area contributed by atoms with Crippen molar-refractivity contribution in [2.24, 2.45) is 0 Å². The molecular formula is C26H31N5O4. The molecule has 0 fully saturated rings. The number of nitrogens with zero attached hydrogens (tertiary/aromatic N) is 3. The predicted octanol–water partition coefficient (Wildman–Crippen LogP) is 3.58. The summed E-state index contributed by atoms with van der Waals surface area (Å²) < 4.78 is 12.6. The number of carbonyl (C=O) groups is 2. The standard InChI is InChI=1S/C26H31N5O4/c1-4-19(17-9-7-6-8-10-17)29-26(33)22-13-18(23-16-35-12-11-31(22)23)25(32)30-20(5-2)21-14-28-24(34-3)15-27-21/h6-10,13-15,19-20H,4-5,11-12,16H2,1-3H3,(H,29,33)(H,30,32)/t19-,20-/m1/s1. The number of carbonyl (C=O) groups excluding carboxylic acids is 2. The van der Waals surface area contributed by atoms with Crippen molar-refractivity contribution in [2.45, 2.75) is 51.9 Å². The SMILES string of the molecule is CC[C@@H](NC(=O)c1cc(C(=O)N[C@H](CC)c2cnc(OC)cn2)c2n1CCOC2)c1ccccc1. The number of ether oxygens (including phenoxy) is 2. The number of methoxy groups -OCH3 is 1. The minimum absolute atomic E-state index is 0.120. The fraction of sp³-hybridized carbons (Fsp3) is 0.385. The smallest absolute Gasteiger partial charge is 0.268 e. The highest BCUT2D eigenvalue weighted by atomic mass is 16.5. The van der Waals surface area contributed by atoms with Crippen molar-refractivity contribution in [3.63, 3.8) is 0 Å². The van der Waals surface area contributed by atoms with Gasteiger partial charge in [0.25, 0.3) is 11.8 Å². The summed E-state index contributed by atoms with van der Waals surface area (Å²) in [6.07, 6.45) is 4.50. The lowest BCUT2D eigenvalue weighted by Gasteiger charge is -2.21. The van der Waals surface area contributed by atoms with Crippen molar-refractivity contribution in [1.29, 1.82) is 0 Å². The topological polar surface area (TPSA) is 107 Å². The van der Waals surface area contributed by atoms with E-state index in [0.29, 0.717) is 48.1 Å². The maximum absolute atomic E-state index is 13.3. The van der Waals surface area contributed by atoms with Crippen LogP contribution in [0.4, 0.5) is 0 Å². The van der Waals surface area contributed by atoms with Gasteiger partial charge in [0.2, 0.25) is 5.88 Å². The zero-order chi connectivity index (χ0) is 24.8. The van der Waals surface area contributed by atoms with Gasteiger partial charge in [0, 0.05) is 6.54 Å². The molecule has 2 N–H and O–H groups in total. The fourth-order valence-electron chi connectivity index (χ4n) is 4.28. The van der Waals surface area contributed by atoms with Gasteiger partial charge in [-0.1, -0.05) is 44.2 Å². The van der Waals surface area contributed by atoms with Gasteiger partial charge >= 0.3 is 0 Å². The first-order chi connectivity index (χ1) is 17.0. The molecule has 4 rings (SSSR count). The molecule has 0 unspecified atom stereocenters. The number of aromatic nitrogens is 3. The highest BCUT2D eigenvalue weighted by molar-refractivity contribution is 6.01. The molecule has 2 aromatic heterocycles. The van der Waals surface area contributed by atoms with E-state index in [9.17, 15) is 9.59 Å². The van der Waals surface area contributed by atoms with Crippen LogP contribution in [-0.2, 0) is 17.9 Å². The van der Waals surface area contributed by atoms with Crippen LogP contribution in [0.3, 0.4) is 0 Å². The largest absolute Gasteiger partial charge is 0.480 e. The van der Waals surface area contributed by atoms with Gasteiger partial charge in [-0.3, -0.25) is 14.6 Å². The summed E-state index contributed by atoms with van der Waals surface area (Å²) in [7, 11) is 1.53. The first-order valence-electron chi connectivity index (χ1n) is 11.9. The summed E-state index contributed by atoms with van der Waals surface area (Å²) in [5.74, 6) is -0.0843. The monoisotopic (exact) mass is 477 g/mol. The molecule has 0 bridgehead atoms. The molecule has 9 nitrogen and oxygen atoms in total. The van der Waals surface area contributed by atoms with Crippen LogP contribution in [0.2, 0.25) is 0 Å². The van der Waals surface area contributed by atoms with E-state index < -0.39 is 0 Å². The van der Waals surface area contributed by atoms with Gasteiger partial charge in [-0.25, -0.2) is 4.98 Å². The number of rotatable bonds is 9. The van der Waals surface area contributed by atoms with Crippen molar-refractivity contribution in [1.82, 2.24) is 25.2 Å². The Morgan fingerprint density at radius 1 is 1.06 bits per heavy atom. The Morgan fingerprint density at radius 2 is 1.80 bits per heavy atom. The molecule has 3 heterocycles. The molecule has 1 aliphatic rings. The fourth-order valence-corrected chi connectivity index (χ4v) is 4.28. The van der Waals surface area contributed by atoms with E-state index in [0.717, 1.165) is 12.0 Å². The number of hydrogen-bond donors (Lipinski definition) is 2. The van der Waals surface area contributed by atoms with Gasteiger partial charge in [-0.05, 0) is 24.5 Å². The highest BCUT2D eigenvalue weighted by Gasteiger charge is 2.28. The van der Waals surface area contributed by atoms with E-state index >= 15 is 0 Å². The molecule has 2 amide bonds. The van der Waals surface area contributed by atoms with Crippen LogP contribution in [0.5, 0.6) is 5.88 Å². The normalized spacial score (nSPS) is 14.5. The third-order valence-corrected chi connectivity index (χ3v) is 6.23. The first kappa shape index (κ1) is 24.4. The molecule has 35 heavy (non-hydrogen) atoms. The Morgan fingerprint density at radius 3 is 2.46 bits per heavy atom. The highest BCUT2D eigenvalue weighted by Crippen LogP contribution is 2.24. The Bertz CT molecular complexity index is 1160. The second-order valence-corrected chi connectivity index (χ2v) is 8.36. The van der Waals surface area contributed by atoms with Gasteiger partial charge in [0.15, 0.2) is 0 Å².